The zero-order chi connectivity index (χ0) is 15.1. The molecule has 0 bridgehead atoms. The van der Waals surface area contributed by atoms with Crippen LogP contribution in [0.4, 0.5) is 0 Å². The molecule has 0 aliphatic heterocycles. The van der Waals surface area contributed by atoms with E-state index in [1.807, 2.05) is 13.8 Å². The fourth-order valence-corrected chi connectivity index (χ4v) is 2.10. The van der Waals surface area contributed by atoms with Gasteiger partial charge >= 0.3 is 0 Å². The van der Waals surface area contributed by atoms with E-state index in [1.165, 1.54) is 0 Å². The van der Waals surface area contributed by atoms with Gasteiger partial charge in [0.1, 0.15) is 5.41 Å². The maximum atomic E-state index is 12.2. The lowest BCUT2D eigenvalue weighted by atomic mass is 9.77. The summed E-state index contributed by atoms with van der Waals surface area (Å²) in [7, 11) is 0. The molecule has 0 atom stereocenters. The van der Waals surface area contributed by atoms with Crippen LogP contribution in [0.5, 0.6) is 0 Å². The van der Waals surface area contributed by atoms with Crippen LogP contribution in [0.25, 0.3) is 0 Å². The molecule has 0 radical (unpaired) electrons. The van der Waals surface area contributed by atoms with Gasteiger partial charge in [0.15, 0.2) is 5.78 Å². The summed E-state index contributed by atoms with van der Waals surface area (Å²) in [5, 5.41) is 2.57. The maximum absolute atomic E-state index is 12.2. The second-order valence-corrected chi connectivity index (χ2v) is 5.25. The molecule has 0 spiro atoms. The zero-order valence-corrected chi connectivity index (χ0v) is 12.4. The van der Waals surface area contributed by atoms with Gasteiger partial charge in [0.05, 0.1) is 6.54 Å². The second-order valence-electron chi connectivity index (χ2n) is 5.25. The normalized spacial score (nSPS) is 11.4. The fraction of sp³-hybridized carbons (Fsp3) is 0.786. The largest absolute Gasteiger partial charge is 0.369 e. The number of hydrogen-bond acceptors (Lipinski definition) is 3. The first kappa shape index (κ1) is 17.6. The molecule has 19 heavy (non-hydrogen) atoms. The molecule has 0 unspecified atom stereocenters. The minimum absolute atomic E-state index is 0.0427. The van der Waals surface area contributed by atoms with Gasteiger partial charge in [-0.05, 0) is 12.8 Å². The summed E-state index contributed by atoms with van der Waals surface area (Å²) >= 11 is 0. The van der Waals surface area contributed by atoms with E-state index in [9.17, 15) is 14.4 Å². The predicted molar refractivity (Wildman–Crippen MR) is 74.3 cm³/mol. The number of ketones is 1. The summed E-state index contributed by atoms with van der Waals surface area (Å²) < 4.78 is 0. The number of nitrogens with one attached hydrogen (secondary N) is 1. The van der Waals surface area contributed by atoms with Crippen molar-refractivity contribution < 1.29 is 14.4 Å². The van der Waals surface area contributed by atoms with Crippen LogP contribution < -0.4 is 11.1 Å². The molecule has 5 nitrogen and oxygen atoms in total. The van der Waals surface area contributed by atoms with Gasteiger partial charge in [0.25, 0.3) is 0 Å². The van der Waals surface area contributed by atoms with Crippen LogP contribution in [0.3, 0.4) is 0 Å². The van der Waals surface area contributed by atoms with Crippen molar-refractivity contribution in [3.8, 4) is 0 Å². The third-order valence-electron chi connectivity index (χ3n) is 3.33. The number of hydrogen-bond donors (Lipinski definition) is 2. The summed E-state index contributed by atoms with van der Waals surface area (Å²) in [5.41, 5.74) is 4.25. The van der Waals surface area contributed by atoms with Gasteiger partial charge in [-0.3, -0.25) is 14.4 Å². The van der Waals surface area contributed by atoms with Crippen LogP contribution in [0.2, 0.25) is 0 Å². The highest BCUT2D eigenvalue weighted by atomic mass is 16.2. The molecule has 0 aromatic heterocycles. The zero-order valence-electron chi connectivity index (χ0n) is 12.4. The molecule has 2 amide bonds. The van der Waals surface area contributed by atoms with Crippen LogP contribution in [0.1, 0.15) is 53.4 Å². The summed E-state index contributed by atoms with van der Waals surface area (Å²) in [6, 6.07) is 0. The van der Waals surface area contributed by atoms with Crippen molar-refractivity contribution in [1.29, 1.82) is 0 Å². The smallest absolute Gasteiger partial charge is 0.236 e. The van der Waals surface area contributed by atoms with Crippen molar-refractivity contribution in [1.82, 2.24) is 5.32 Å². The Kier molecular flexibility index (Phi) is 7.34. The lowest BCUT2D eigenvalue weighted by molar-refractivity contribution is -0.144. The minimum atomic E-state index is -1.18. The first-order chi connectivity index (χ1) is 8.81. The topological polar surface area (TPSA) is 89.3 Å². The molecule has 0 saturated heterocycles. The van der Waals surface area contributed by atoms with Gasteiger partial charge in [-0.2, -0.15) is 0 Å². The van der Waals surface area contributed by atoms with Crippen molar-refractivity contribution in [3.05, 3.63) is 0 Å². The minimum Gasteiger partial charge on any atom is -0.369 e. The lowest BCUT2D eigenvalue weighted by Gasteiger charge is -2.28. The molecule has 0 heterocycles. The average Bonchev–Trinajstić information content (AvgIpc) is 2.34. The van der Waals surface area contributed by atoms with Crippen LogP contribution >= 0.6 is 0 Å². The Labute approximate surface area is 115 Å². The van der Waals surface area contributed by atoms with Crippen LogP contribution in [-0.4, -0.2) is 24.1 Å². The number of amides is 2. The van der Waals surface area contributed by atoms with Crippen molar-refractivity contribution >= 4 is 17.6 Å². The highest BCUT2D eigenvalue weighted by molar-refractivity contribution is 6.05. The molecule has 0 aliphatic carbocycles. The number of rotatable bonds is 9. The highest BCUT2D eigenvalue weighted by Crippen LogP contribution is 2.30. The van der Waals surface area contributed by atoms with Crippen molar-refractivity contribution in [2.24, 2.45) is 17.1 Å². The third-order valence-corrected chi connectivity index (χ3v) is 3.33. The van der Waals surface area contributed by atoms with Gasteiger partial charge in [0.2, 0.25) is 11.8 Å². The molecule has 5 heteroatoms. The molecule has 0 fully saturated rings. The summed E-state index contributed by atoms with van der Waals surface area (Å²) in [5.74, 6) is -1.22. The standard InChI is InChI=1S/C14H26N2O3/c1-5-7-14(8-6-2,12(15)18)13(19)16-9-11(17)10(3)4/h10H,5-9H2,1-4H3,(H2,15,18)(H,16,19). The van der Waals surface area contributed by atoms with E-state index in [0.717, 1.165) is 0 Å². The van der Waals surface area contributed by atoms with Crippen LogP contribution in [-0.2, 0) is 14.4 Å². The number of nitrogens with two attached hydrogens (primary N) is 1. The third kappa shape index (κ3) is 4.65. The molecular formula is C14H26N2O3. The van der Waals surface area contributed by atoms with Gasteiger partial charge < -0.3 is 11.1 Å². The van der Waals surface area contributed by atoms with Gasteiger partial charge in [-0.25, -0.2) is 0 Å². The Balaban J connectivity index is 4.90. The van der Waals surface area contributed by atoms with E-state index < -0.39 is 17.2 Å². The molecule has 110 valence electrons. The Bertz CT molecular complexity index is 332. The van der Waals surface area contributed by atoms with E-state index in [4.69, 9.17) is 5.73 Å². The number of primary amides is 1. The number of carbonyl (C=O) groups is 3. The molecule has 0 saturated carbocycles. The first-order valence-electron chi connectivity index (χ1n) is 6.92. The quantitative estimate of drug-likeness (QED) is 0.621. The summed E-state index contributed by atoms with van der Waals surface area (Å²) in [6.07, 6.45) is 2.21. The van der Waals surface area contributed by atoms with E-state index in [-0.39, 0.29) is 18.2 Å². The fourth-order valence-electron chi connectivity index (χ4n) is 2.10. The molecule has 0 rings (SSSR count). The molecule has 0 aromatic carbocycles. The summed E-state index contributed by atoms with van der Waals surface area (Å²) in [4.78, 5) is 35.5. The first-order valence-corrected chi connectivity index (χ1v) is 6.92. The Morgan fingerprint density at radius 2 is 1.58 bits per heavy atom. The molecule has 0 aliphatic rings. The SMILES string of the molecule is CCCC(CCC)(C(N)=O)C(=O)NCC(=O)C(C)C. The maximum Gasteiger partial charge on any atom is 0.236 e. The van der Waals surface area contributed by atoms with Crippen molar-refractivity contribution in [2.45, 2.75) is 53.4 Å². The van der Waals surface area contributed by atoms with Gasteiger partial charge in [0, 0.05) is 5.92 Å². The monoisotopic (exact) mass is 270 g/mol. The van der Waals surface area contributed by atoms with Crippen molar-refractivity contribution in [3.63, 3.8) is 0 Å². The average molecular weight is 270 g/mol. The van der Waals surface area contributed by atoms with Gasteiger partial charge in [-0.15, -0.1) is 0 Å². The lowest BCUT2D eigenvalue weighted by Crippen LogP contribution is -2.51. The van der Waals surface area contributed by atoms with E-state index in [0.29, 0.717) is 25.7 Å². The van der Waals surface area contributed by atoms with Gasteiger partial charge in [-0.1, -0.05) is 40.5 Å². The number of Topliss-reactive ketones (excluding diaryl/α,β-unsaturated/α-hetero) is 1. The Hall–Kier alpha value is -1.39. The molecule has 3 N–H and O–H groups in total. The molecule has 0 aromatic rings. The van der Waals surface area contributed by atoms with E-state index in [2.05, 4.69) is 5.32 Å². The van der Waals surface area contributed by atoms with E-state index in [1.54, 1.807) is 13.8 Å². The summed E-state index contributed by atoms with van der Waals surface area (Å²) in [6.45, 7) is 7.31. The Morgan fingerprint density at radius 3 is 1.89 bits per heavy atom. The predicted octanol–water partition coefficient (Wildman–Crippen LogP) is 1.40. The van der Waals surface area contributed by atoms with Crippen LogP contribution in [0.15, 0.2) is 0 Å². The number of carbonyl (C=O) groups excluding carboxylic acids is 3. The second kappa shape index (κ2) is 7.92. The molecular weight excluding hydrogens is 244 g/mol. The van der Waals surface area contributed by atoms with E-state index >= 15 is 0 Å². The highest BCUT2D eigenvalue weighted by Gasteiger charge is 2.42. The Morgan fingerprint density at radius 1 is 1.11 bits per heavy atom. The van der Waals surface area contributed by atoms with Crippen molar-refractivity contribution in [2.75, 3.05) is 6.54 Å². The van der Waals surface area contributed by atoms with Crippen LogP contribution in [0, 0.1) is 11.3 Å².